The number of imide groups is 1. The van der Waals surface area contributed by atoms with Gasteiger partial charge in [0.2, 0.25) is 17.7 Å². The molecule has 4 aliphatic rings. The monoisotopic (exact) mass is 476 g/mol. The smallest absolute Gasteiger partial charge is 0.316 e. The minimum atomic E-state index is -0.649. The number of rotatable bonds is 4. The van der Waals surface area contributed by atoms with Crippen molar-refractivity contribution in [2.75, 3.05) is 16.3 Å². The van der Waals surface area contributed by atoms with Crippen LogP contribution in [-0.2, 0) is 19.2 Å². The van der Waals surface area contributed by atoms with Crippen LogP contribution < -0.4 is 14.5 Å². The number of carbonyl (C=O) groups is 4. The maximum atomic E-state index is 13.2. The summed E-state index contributed by atoms with van der Waals surface area (Å²) in [7, 11) is 0. The van der Waals surface area contributed by atoms with E-state index in [9.17, 15) is 23.6 Å². The van der Waals surface area contributed by atoms with E-state index in [4.69, 9.17) is 4.74 Å². The molecule has 7 nitrogen and oxygen atoms in total. The van der Waals surface area contributed by atoms with Crippen molar-refractivity contribution in [2.45, 2.75) is 32.6 Å². The average Bonchev–Trinajstić information content (AvgIpc) is 3.59. The molecule has 2 aromatic rings. The lowest BCUT2D eigenvalue weighted by Gasteiger charge is -2.20. The van der Waals surface area contributed by atoms with Gasteiger partial charge in [-0.05, 0) is 86.1 Å². The van der Waals surface area contributed by atoms with E-state index in [1.807, 2.05) is 0 Å². The number of ether oxygens (including phenoxy) is 1. The van der Waals surface area contributed by atoms with Gasteiger partial charge in [0, 0.05) is 18.7 Å². The van der Waals surface area contributed by atoms with Gasteiger partial charge in [0.15, 0.2) is 0 Å². The minimum Gasteiger partial charge on any atom is -0.426 e. The molecule has 0 spiro atoms. The lowest BCUT2D eigenvalue weighted by atomic mass is 9.81. The topological polar surface area (TPSA) is 84.0 Å². The molecule has 4 fully saturated rings. The number of esters is 1. The molecule has 0 N–H and O–H groups in total. The molecule has 3 amide bonds. The zero-order valence-corrected chi connectivity index (χ0v) is 19.3. The Morgan fingerprint density at radius 2 is 1.63 bits per heavy atom. The molecule has 2 saturated carbocycles. The first-order chi connectivity index (χ1) is 16.8. The molecule has 2 aliphatic heterocycles. The number of nitrogens with zero attached hydrogens (tertiary/aromatic N) is 2. The van der Waals surface area contributed by atoms with Gasteiger partial charge >= 0.3 is 5.97 Å². The molecule has 6 rings (SSSR count). The normalized spacial score (nSPS) is 29.3. The molecule has 2 aromatic carbocycles. The van der Waals surface area contributed by atoms with E-state index in [0.717, 1.165) is 19.3 Å². The Balaban J connectivity index is 1.15. The summed E-state index contributed by atoms with van der Waals surface area (Å²) in [6, 6.07) is 10.4. The maximum absolute atomic E-state index is 13.2. The van der Waals surface area contributed by atoms with Crippen molar-refractivity contribution in [3.8, 4) is 5.75 Å². The van der Waals surface area contributed by atoms with Gasteiger partial charge in [-0.1, -0.05) is 0 Å². The Morgan fingerprint density at radius 3 is 2.26 bits per heavy atom. The first kappa shape index (κ1) is 21.9. The maximum Gasteiger partial charge on any atom is 0.316 e. The highest BCUT2D eigenvalue weighted by Crippen LogP contribution is 2.56. The summed E-state index contributed by atoms with van der Waals surface area (Å²) in [5.74, 6) is -1.48. The number of hydrogen-bond donors (Lipinski definition) is 0. The van der Waals surface area contributed by atoms with Gasteiger partial charge in [0.25, 0.3) is 0 Å². The molecule has 8 heteroatoms. The molecule has 2 bridgehead atoms. The second-order valence-electron chi connectivity index (χ2n) is 10.1. The first-order valence-electron chi connectivity index (χ1n) is 12.1. The number of aryl methyl sites for hydroxylation is 1. The van der Waals surface area contributed by atoms with Crippen molar-refractivity contribution in [3.63, 3.8) is 0 Å². The summed E-state index contributed by atoms with van der Waals surface area (Å²) in [6.45, 7) is 1.94. The molecule has 2 saturated heterocycles. The van der Waals surface area contributed by atoms with Gasteiger partial charge in [-0.3, -0.25) is 19.2 Å². The summed E-state index contributed by atoms with van der Waals surface area (Å²) in [5.41, 5.74) is 1.73. The molecule has 0 radical (unpaired) electrons. The number of amides is 3. The third kappa shape index (κ3) is 3.46. The van der Waals surface area contributed by atoms with E-state index >= 15 is 0 Å². The molecule has 2 heterocycles. The van der Waals surface area contributed by atoms with E-state index in [1.165, 1.54) is 34.1 Å². The van der Waals surface area contributed by atoms with E-state index in [0.29, 0.717) is 34.5 Å². The number of anilines is 2. The third-order valence-corrected chi connectivity index (χ3v) is 8.15. The standard InChI is InChI=1S/C27H25FN2O5/c1-14-10-20(35-27(34)17-12-22(31)29(13-17)19-6-4-18(28)5-7-19)8-9-21(14)30-25(32)23-15-2-3-16(11-15)24(23)26(30)33/h4-10,15-17,23-24H,2-3,11-13H2,1H3/t15-,16-,17-,23-,24+/m0/s1. The van der Waals surface area contributed by atoms with Crippen LogP contribution in [0, 0.1) is 42.3 Å². The summed E-state index contributed by atoms with van der Waals surface area (Å²) < 4.78 is 18.8. The van der Waals surface area contributed by atoms with Gasteiger partial charge in [-0.15, -0.1) is 0 Å². The molecular weight excluding hydrogens is 451 g/mol. The number of fused-ring (bicyclic) bond motifs is 5. The van der Waals surface area contributed by atoms with Crippen molar-refractivity contribution >= 4 is 35.1 Å². The zero-order valence-electron chi connectivity index (χ0n) is 19.3. The fourth-order valence-corrected chi connectivity index (χ4v) is 6.52. The van der Waals surface area contributed by atoms with Crippen molar-refractivity contribution in [1.82, 2.24) is 0 Å². The van der Waals surface area contributed by atoms with E-state index in [-0.39, 0.29) is 42.5 Å². The van der Waals surface area contributed by atoms with Crippen LogP contribution in [0.25, 0.3) is 0 Å². The van der Waals surface area contributed by atoms with Crippen LogP contribution in [0.1, 0.15) is 31.2 Å². The van der Waals surface area contributed by atoms with E-state index < -0.39 is 17.7 Å². The summed E-state index contributed by atoms with van der Waals surface area (Å²) in [4.78, 5) is 54.3. The van der Waals surface area contributed by atoms with Crippen molar-refractivity contribution in [3.05, 3.63) is 53.8 Å². The lowest BCUT2D eigenvalue weighted by Crippen LogP contribution is -2.33. The van der Waals surface area contributed by atoms with Gasteiger partial charge < -0.3 is 9.64 Å². The van der Waals surface area contributed by atoms with Gasteiger partial charge in [-0.2, -0.15) is 0 Å². The molecule has 5 atom stereocenters. The van der Waals surface area contributed by atoms with Crippen LogP contribution >= 0.6 is 0 Å². The van der Waals surface area contributed by atoms with Gasteiger partial charge in [0.1, 0.15) is 11.6 Å². The highest BCUT2D eigenvalue weighted by atomic mass is 19.1. The van der Waals surface area contributed by atoms with Crippen LogP contribution in [0.3, 0.4) is 0 Å². The molecule has 35 heavy (non-hydrogen) atoms. The van der Waals surface area contributed by atoms with Crippen LogP contribution in [0.15, 0.2) is 42.5 Å². The van der Waals surface area contributed by atoms with Crippen LogP contribution in [-0.4, -0.2) is 30.2 Å². The van der Waals surface area contributed by atoms with E-state index in [1.54, 1.807) is 25.1 Å². The van der Waals surface area contributed by atoms with Gasteiger partial charge in [0.05, 0.1) is 23.4 Å². The van der Waals surface area contributed by atoms with Crippen LogP contribution in [0.5, 0.6) is 5.75 Å². The molecule has 2 aliphatic carbocycles. The van der Waals surface area contributed by atoms with Crippen molar-refractivity contribution < 1.29 is 28.3 Å². The van der Waals surface area contributed by atoms with Crippen molar-refractivity contribution in [1.29, 1.82) is 0 Å². The number of carbonyl (C=O) groups excluding carboxylic acids is 4. The molecule has 0 aromatic heterocycles. The number of benzene rings is 2. The predicted octanol–water partition coefficient (Wildman–Crippen LogP) is 3.63. The molecular formula is C27H25FN2O5. The van der Waals surface area contributed by atoms with E-state index in [2.05, 4.69) is 0 Å². The van der Waals surface area contributed by atoms with Crippen LogP contribution in [0.2, 0.25) is 0 Å². The predicted molar refractivity (Wildman–Crippen MR) is 124 cm³/mol. The Bertz CT molecular complexity index is 1230. The number of halogens is 1. The minimum absolute atomic E-state index is 0.00909. The Kier molecular flexibility index (Phi) is 5.02. The SMILES string of the molecule is Cc1cc(OC(=O)[C@H]2CC(=O)N(c3ccc(F)cc3)C2)ccc1N1C(=O)[C@@H]2[C@H]3CC[C@@H](C3)[C@@H]2C1=O. The summed E-state index contributed by atoms with van der Waals surface area (Å²) in [6.07, 6.45) is 3.04. The highest BCUT2D eigenvalue weighted by molar-refractivity contribution is 6.23. The highest BCUT2D eigenvalue weighted by Gasteiger charge is 2.61. The van der Waals surface area contributed by atoms with Gasteiger partial charge in [-0.25, -0.2) is 9.29 Å². The average molecular weight is 477 g/mol. The Morgan fingerprint density at radius 1 is 0.971 bits per heavy atom. The first-order valence-corrected chi connectivity index (χ1v) is 12.1. The third-order valence-electron chi connectivity index (χ3n) is 8.15. The quantitative estimate of drug-likeness (QED) is 0.382. The zero-order chi connectivity index (χ0) is 24.4. The summed E-state index contributed by atoms with van der Waals surface area (Å²) >= 11 is 0. The Hall–Kier alpha value is -3.55. The second kappa shape index (κ2) is 8.00. The fraction of sp³-hybridized carbons (Fsp3) is 0.407. The second-order valence-corrected chi connectivity index (χ2v) is 10.1. The molecule has 180 valence electrons. The molecule has 0 unspecified atom stereocenters. The summed E-state index contributed by atoms with van der Waals surface area (Å²) in [5, 5.41) is 0. The largest absolute Gasteiger partial charge is 0.426 e. The van der Waals surface area contributed by atoms with Crippen molar-refractivity contribution in [2.24, 2.45) is 29.6 Å². The fourth-order valence-electron chi connectivity index (χ4n) is 6.52. The Labute approximate surface area is 201 Å². The van der Waals surface area contributed by atoms with Crippen LogP contribution in [0.4, 0.5) is 15.8 Å². The number of hydrogen-bond acceptors (Lipinski definition) is 5. The lowest BCUT2D eigenvalue weighted by molar-refractivity contribution is -0.139.